The third kappa shape index (κ3) is 5.06. The maximum absolute atomic E-state index is 11.5. The second kappa shape index (κ2) is 7.98. The van der Waals surface area contributed by atoms with Gasteiger partial charge in [0.25, 0.3) is 0 Å². The normalized spacial score (nSPS) is 10.5. The van der Waals surface area contributed by atoms with Gasteiger partial charge in [-0.1, -0.05) is 24.6 Å². The molecule has 0 heterocycles. The van der Waals surface area contributed by atoms with Gasteiger partial charge >= 0.3 is 0 Å². The van der Waals surface area contributed by atoms with E-state index in [9.17, 15) is 4.79 Å². The van der Waals surface area contributed by atoms with Gasteiger partial charge in [-0.2, -0.15) is 0 Å². The number of Topliss-reactive ketones (excluding diaryl/α,β-unsaturated/α-hetero) is 1. The quantitative estimate of drug-likeness (QED) is 0.694. The Bertz CT molecular complexity index is 422. The first-order valence-electron chi connectivity index (χ1n) is 7.33. The molecule has 0 fully saturated rings. The number of carbonyl (C=O) groups is 1. The summed E-state index contributed by atoms with van der Waals surface area (Å²) in [4.78, 5) is 11.5. The fourth-order valence-electron chi connectivity index (χ4n) is 2.46. The van der Waals surface area contributed by atoms with Crippen LogP contribution in [0.15, 0.2) is 12.1 Å². The van der Waals surface area contributed by atoms with Gasteiger partial charge in [-0.3, -0.25) is 4.79 Å². The summed E-state index contributed by atoms with van der Waals surface area (Å²) in [7, 11) is 0. The van der Waals surface area contributed by atoms with Crippen LogP contribution in [-0.2, 0) is 11.2 Å². The Kier molecular flexibility index (Phi) is 6.61. The molecular formula is C17H26O2. The van der Waals surface area contributed by atoms with Crippen molar-refractivity contribution in [1.82, 2.24) is 0 Å². The predicted octanol–water partition coefficient (Wildman–Crippen LogP) is 4.39. The van der Waals surface area contributed by atoms with E-state index >= 15 is 0 Å². The Morgan fingerprint density at radius 3 is 2.53 bits per heavy atom. The maximum Gasteiger partial charge on any atom is 0.132 e. The monoisotopic (exact) mass is 262 g/mol. The van der Waals surface area contributed by atoms with E-state index in [0.717, 1.165) is 25.0 Å². The van der Waals surface area contributed by atoms with Crippen LogP contribution >= 0.6 is 0 Å². The van der Waals surface area contributed by atoms with Gasteiger partial charge in [-0.25, -0.2) is 0 Å². The number of carbonyl (C=O) groups excluding carboxylic acids is 1. The molecule has 0 amide bonds. The van der Waals surface area contributed by atoms with Crippen molar-refractivity contribution in [3.63, 3.8) is 0 Å². The summed E-state index contributed by atoms with van der Waals surface area (Å²) in [6.07, 6.45) is 4.19. The summed E-state index contributed by atoms with van der Waals surface area (Å²) in [5.74, 6) is 1.39. The predicted molar refractivity (Wildman–Crippen MR) is 79.9 cm³/mol. The highest BCUT2D eigenvalue weighted by Crippen LogP contribution is 2.27. The third-order valence-electron chi connectivity index (χ3n) is 3.22. The minimum absolute atomic E-state index is 0.379. The molecule has 0 radical (unpaired) electrons. The van der Waals surface area contributed by atoms with Gasteiger partial charge in [-0.15, -0.1) is 0 Å². The Morgan fingerprint density at radius 2 is 1.89 bits per heavy atom. The lowest BCUT2D eigenvalue weighted by atomic mass is 9.99. The van der Waals surface area contributed by atoms with Crippen LogP contribution < -0.4 is 4.74 Å². The second-order valence-electron chi connectivity index (χ2n) is 5.15. The number of ketones is 1. The largest absolute Gasteiger partial charge is 0.493 e. The van der Waals surface area contributed by atoms with Crippen molar-refractivity contribution in [3.05, 3.63) is 28.8 Å². The van der Waals surface area contributed by atoms with E-state index in [0.29, 0.717) is 25.2 Å². The maximum atomic E-state index is 11.5. The van der Waals surface area contributed by atoms with E-state index < -0.39 is 0 Å². The molecule has 0 aliphatic carbocycles. The molecule has 106 valence electrons. The van der Waals surface area contributed by atoms with Crippen LogP contribution in [0.1, 0.15) is 56.2 Å². The van der Waals surface area contributed by atoms with Crippen molar-refractivity contribution in [2.45, 2.75) is 59.8 Å². The lowest BCUT2D eigenvalue weighted by Gasteiger charge is -2.14. The van der Waals surface area contributed by atoms with Gasteiger partial charge in [0.05, 0.1) is 6.61 Å². The summed E-state index contributed by atoms with van der Waals surface area (Å²) in [5, 5.41) is 0. The average molecular weight is 262 g/mol. The highest BCUT2D eigenvalue weighted by atomic mass is 16.5. The summed E-state index contributed by atoms with van der Waals surface area (Å²) in [5.41, 5.74) is 3.69. The zero-order valence-corrected chi connectivity index (χ0v) is 12.7. The highest BCUT2D eigenvalue weighted by Gasteiger charge is 2.09. The number of hydrogen-bond donors (Lipinski definition) is 0. The minimum atomic E-state index is 0.379. The third-order valence-corrected chi connectivity index (χ3v) is 3.22. The van der Waals surface area contributed by atoms with Gasteiger partial charge in [0.2, 0.25) is 0 Å². The number of benzene rings is 1. The number of rotatable bonds is 8. The van der Waals surface area contributed by atoms with Crippen molar-refractivity contribution in [2.24, 2.45) is 0 Å². The molecular weight excluding hydrogens is 236 g/mol. The van der Waals surface area contributed by atoms with Crippen LogP contribution in [0, 0.1) is 13.8 Å². The van der Waals surface area contributed by atoms with E-state index in [4.69, 9.17) is 4.74 Å². The van der Waals surface area contributed by atoms with E-state index in [-0.39, 0.29) is 0 Å². The number of ether oxygens (including phenoxy) is 1. The number of hydrogen-bond acceptors (Lipinski definition) is 2. The summed E-state index contributed by atoms with van der Waals surface area (Å²) in [6, 6.07) is 4.33. The van der Waals surface area contributed by atoms with Crippen LogP contribution in [0.5, 0.6) is 5.75 Å². The van der Waals surface area contributed by atoms with Crippen molar-refractivity contribution in [3.8, 4) is 5.75 Å². The SMILES string of the molecule is CCCC(=O)CCCc1cc(C)cc(C)c1OCC. The lowest BCUT2D eigenvalue weighted by Crippen LogP contribution is -2.02. The van der Waals surface area contributed by atoms with Crippen molar-refractivity contribution in [2.75, 3.05) is 6.61 Å². The molecule has 19 heavy (non-hydrogen) atoms. The Labute approximate surface area is 117 Å². The van der Waals surface area contributed by atoms with Gasteiger partial charge < -0.3 is 4.74 Å². The first-order valence-corrected chi connectivity index (χ1v) is 7.33. The summed E-state index contributed by atoms with van der Waals surface area (Å²) >= 11 is 0. The Hall–Kier alpha value is -1.31. The Morgan fingerprint density at radius 1 is 1.16 bits per heavy atom. The van der Waals surface area contributed by atoms with Crippen LogP contribution in [0.2, 0.25) is 0 Å². The smallest absolute Gasteiger partial charge is 0.132 e. The molecule has 0 aliphatic heterocycles. The molecule has 0 aromatic heterocycles. The highest BCUT2D eigenvalue weighted by molar-refractivity contribution is 5.78. The summed E-state index contributed by atoms with van der Waals surface area (Å²) < 4.78 is 5.74. The van der Waals surface area contributed by atoms with Gasteiger partial charge in [0.15, 0.2) is 0 Å². The first-order chi connectivity index (χ1) is 9.08. The zero-order chi connectivity index (χ0) is 14.3. The standard InChI is InChI=1S/C17H26O2/c1-5-8-16(18)10-7-9-15-12-13(3)11-14(4)17(15)19-6-2/h11-12H,5-10H2,1-4H3. The van der Waals surface area contributed by atoms with Crippen LogP contribution in [-0.4, -0.2) is 12.4 Å². The van der Waals surface area contributed by atoms with E-state index in [1.807, 2.05) is 6.92 Å². The molecule has 1 aromatic carbocycles. The molecule has 2 heteroatoms. The topological polar surface area (TPSA) is 26.3 Å². The molecule has 1 rings (SSSR count). The zero-order valence-electron chi connectivity index (χ0n) is 12.7. The molecule has 0 spiro atoms. The molecule has 0 saturated heterocycles. The van der Waals surface area contributed by atoms with Crippen LogP contribution in [0.3, 0.4) is 0 Å². The van der Waals surface area contributed by atoms with Gasteiger partial charge in [0, 0.05) is 12.8 Å². The molecule has 1 aromatic rings. The van der Waals surface area contributed by atoms with Crippen LogP contribution in [0.4, 0.5) is 0 Å². The average Bonchev–Trinajstić information content (AvgIpc) is 2.33. The van der Waals surface area contributed by atoms with E-state index in [1.165, 1.54) is 16.7 Å². The Balaban J connectivity index is 2.68. The molecule has 2 nitrogen and oxygen atoms in total. The lowest BCUT2D eigenvalue weighted by molar-refractivity contribution is -0.119. The molecule has 0 aliphatic rings. The fourth-order valence-corrected chi connectivity index (χ4v) is 2.46. The van der Waals surface area contributed by atoms with Crippen molar-refractivity contribution >= 4 is 5.78 Å². The second-order valence-corrected chi connectivity index (χ2v) is 5.15. The van der Waals surface area contributed by atoms with Crippen molar-refractivity contribution in [1.29, 1.82) is 0 Å². The van der Waals surface area contributed by atoms with Gasteiger partial charge in [0.1, 0.15) is 11.5 Å². The molecule has 0 bridgehead atoms. The minimum Gasteiger partial charge on any atom is -0.493 e. The number of aryl methyl sites for hydroxylation is 3. The summed E-state index contributed by atoms with van der Waals surface area (Å²) in [6.45, 7) is 8.94. The van der Waals surface area contributed by atoms with Crippen molar-refractivity contribution < 1.29 is 9.53 Å². The molecule has 0 atom stereocenters. The molecule has 0 N–H and O–H groups in total. The van der Waals surface area contributed by atoms with E-state index in [2.05, 4.69) is 32.9 Å². The van der Waals surface area contributed by atoms with E-state index in [1.54, 1.807) is 0 Å². The first kappa shape index (κ1) is 15.7. The molecule has 0 saturated carbocycles. The van der Waals surface area contributed by atoms with Crippen LogP contribution in [0.25, 0.3) is 0 Å². The van der Waals surface area contributed by atoms with Gasteiger partial charge in [-0.05, 0) is 51.2 Å². The fraction of sp³-hybridized carbons (Fsp3) is 0.588. The molecule has 0 unspecified atom stereocenters.